The van der Waals surface area contributed by atoms with Crippen molar-refractivity contribution in [3.8, 4) is 0 Å². The molecule has 3 rings (SSSR count). The molecule has 112 valence electrons. The molecule has 1 N–H and O–H groups in total. The summed E-state index contributed by atoms with van der Waals surface area (Å²) in [6, 6.07) is 11.2. The van der Waals surface area contributed by atoms with Crippen LogP contribution in [0.1, 0.15) is 24.2 Å². The second kappa shape index (κ2) is 5.80. The first kappa shape index (κ1) is 14.0. The van der Waals surface area contributed by atoms with Crippen LogP contribution in [0.25, 0.3) is 0 Å². The number of hydrogen-bond acceptors (Lipinski definition) is 3. The van der Waals surface area contributed by atoms with Gasteiger partial charge in [0, 0.05) is 31.9 Å². The molecular weight excluding hydrogens is 260 g/mol. The summed E-state index contributed by atoms with van der Waals surface area (Å²) in [6.07, 6.45) is 2.34. The minimum atomic E-state index is 0.548. The van der Waals surface area contributed by atoms with E-state index in [9.17, 15) is 0 Å². The summed E-state index contributed by atoms with van der Waals surface area (Å²) in [5, 5.41) is 8.18. The third-order valence-electron chi connectivity index (χ3n) is 4.47. The predicted molar refractivity (Wildman–Crippen MR) is 88.0 cm³/mol. The minimum absolute atomic E-state index is 0.548. The number of para-hydroxylation sites is 1. The lowest BCUT2D eigenvalue weighted by molar-refractivity contribution is 0.526. The van der Waals surface area contributed by atoms with Gasteiger partial charge in [-0.1, -0.05) is 18.2 Å². The molecule has 0 amide bonds. The summed E-state index contributed by atoms with van der Waals surface area (Å²) in [4.78, 5) is 2.47. The van der Waals surface area contributed by atoms with Crippen molar-refractivity contribution in [3.05, 3.63) is 41.7 Å². The molecule has 0 unspecified atom stereocenters. The average molecular weight is 284 g/mol. The van der Waals surface area contributed by atoms with Gasteiger partial charge in [0.25, 0.3) is 0 Å². The molecule has 0 atom stereocenters. The fourth-order valence-corrected chi connectivity index (χ4v) is 3.11. The van der Waals surface area contributed by atoms with Crippen molar-refractivity contribution in [3.63, 3.8) is 0 Å². The SMILES string of the molecule is Cc1nn(C)c(C)c1NC1CCN(c2ccccc2)CC1. The van der Waals surface area contributed by atoms with E-state index < -0.39 is 0 Å². The van der Waals surface area contributed by atoms with Crippen molar-refractivity contribution in [2.75, 3.05) is 23.3 Å². The summed E-state index contributed by atoms with van der Waals surface area (Å²) in [7, 11) is 2.01. The lowest BCUT2D eigenvalue weighted by Gasteiger charge is -2.34. The molecule has 4 nitrogen and oxygen atoms in total. The van der Waals surface area contributed by atoms with Gasteiger partial charge in [0.2, 0.25) is 0 Å². The highest BCUT2D eigenvalue weighted by Crippen LogP contribution is 2.24. The first-order valence-corrected chi connectivity index (χ1v) is 7.72. The van der Waals surface area contributed by atoms with E-state index in [1.54, 1.807) is 0 Å². The zero-order valence-corrected chi connectivity index (χ0v) is 13.1. The molecule has 1 saturated heterocycles. The number of hydrogen-bond donors (Lipinski definition) is 1. The van der Waals surface area contributed by atoms with Gasteiger partial charge in [0.05, 0.1) is 17.1 Å². The van der Waals surface area contributed by atoms with Crippen molar-refractivity contribution < 1.29 is 0 Å². The molecule has 0 saturated carbocycles. The van der Waals surface area contributed by atoms with Crippen LogP contribution < -0.4 is 10.2 Å². The highest BCUT2D eigenvalue weighted by molar-refractivity contribution is 5.53. The molecule has 1 aromatic heterocycles. The van der Waals surface area contributed by atoms with Crippen molar-refractivity contribution in [2.24, 2.45) is 7.05 Å². The van der Waals surface area contributed by atoms with E-state index in [1.807, 2.05) is 11.7 Å². The predicted octanol–water partition coefficient (Wildman–Crippen LogP) is 3.12. The van der Waals surface area contributed by atoms with Crippen LogP contribution in [0.4, 0.5) is 11.4 Å². The van der Waals surface area contributed by atoms with Gasteiger partial charge in [-0.25, -0.2) is 0 Å². The van der Waals surface area contributed by atoms with Crippen LogP contribution in [0.5, 0.6) is 0 Å². The number of nitrogens with one attached hydrogen (secondary N) is 1. The molecule has 1 aliphatic rings. The number of benzene rings is 1. The summed E-state index contributed by atoms with van der Waals surface area (Å²) in [6.45, 7) is 6.43. The maximum absolute atomic E-state index is 4.48. The molecule has 1 fully saturated rings. The Kier molecular flexibility index (Phi) is 3.86. The van der Waals surface area contributed by atoms with E-state index in [2.05, 4.69) is 59.5 Å². The fourth-order valence-electron chi connectivity index (χ4n) is 3.11. The first-order valence-electron chi connectivity index (χ1n) is 7.72. The van der Waals surface area contributed by atoms with Crippen LogP contribution in [-0.4, -0.2) is 28.9 Å². The van der Waals surface area contributed by atoms with Crippen molar-refractivity contribution in [2.45, 2.75) is 32.7 Å². The smallest absolute Gasteiger partial charge is 0.0827 e. The van der Waals surface area contributed by atoms with Gasteiger partial charge in [-0.05, 0) is 38.8 Å². The van der Waals surface area contributed by atoms with Gasteiger partial charge < -0.3 is 10.2 Å². The van der Waals surface area contributed by atoms with Crippen LogP contribution in [0.3, 0.4) is 0 Å². The van der Waals surface area contributed by atoms with E-state index in [-0.39, 0.29) is 0 Å². The van der Waals surface area contributed by atoms with Gasteiger partial charge >= 0.3 is 0 Å². The average Bonchev–Trinajstić information content (AvgIpc) is 2.75. The third kappa shape index (κ3) is 2.89. The van der Waals surface area contributed by atoms with Crippen LogP contribution in [0.15, 0.2) is 30.3 Å². The number of piperidine rings is 1. The van der Waals surface area contributed by atoms with Crippen LogP contribution in [0, 0.1) is 13.8 Å². The Bertz CT molecular complexity index is 595. The highest BCUT2D eigenvalue weighted by Gasteiger charge is 2.21. The van der Waals surface area contributed by atoms with Crippen molar-refractivity contribution >= 4 is 11.4 Å². The molecule has 0 radical (unpaired) electrons. The van der Waals surface area contributed by atoms with E-state index in [0.29, 0.717) is 6.04 Å². The Labute approximate surface area is 126 Å². The zero-order chi connectivity index (χ0) is 14.8. The Balaban J connectivity index is 1.61. The Morgan fingerprint density at radius 3 is 2.33 bits per heavy atom. The lowest BCUT2D eigenvalue weighted by atomic mass is 10.0. The van der Waals surface area contributed by atoms with Gasteiger partial charge in [0.15, 0.2) is 0 Å². The van der Waals surface area contributed by atoms with Gasteiger partial charge in [-0.15, -0.1) is 0 Å². The standard InChI is InChI=1S/C17H24N4/c1-13-17(14(2)20(3)19-13)18-15-9-11-21(12-10-15)16-7-5-4-6-8-16/h4-8,15,18H,9-12H2,1-3H3. The molecule has 1 aromatic carbocycles. The monoisotopic (exact) mass is 284 g/mol. The minimum Gasteiger partial charge on any atom is -0.379 e. The maximum atomic E-state index is 4.48. The molecule has 0 bridgehead atoms. The van der Waals surface area contributed by atoms with E-state index >= 15 is 0 Å². The summed E-state index contributed by atoms with van der Waals surface area (Å²) in [5.74, 6) is 0. The van der Waals surface area contributed by atoms with E-state index in [0.717, 1.165) is 18.8 Å². The molecule has 1 aliphatic heterocycles. The number of nitrogens with zero attached hydrogens (tertiary/aromatic N) is 3. The lowest BCUT2D eigenvalue weighted by Crippen LogP contribution is -2.39. The van der Waals surface area contributed by atoms with Crippen LogP contribution in [0.2, 0.25) is 0 Å². The number of anilines is 2. The van der Waals surface area contributed by atoms with Gasteiger partial charge in [0.1, 0.15) is 0 Å². The summed E-state index contributed by atoms with van der Waals surface area (Å²) in [5.41, 5.74) is 4.87. The number of aryl methyl sites for hydroxylation is 2. The highest BCUT2D eigenvalue weighted by atomic mass is 15.3. The Morgan fingerprint density at radius 2 is 1.76 bits per heavy atom. The van der Waals surface area contributed by atoms with E-state index in [4.69, 9.17) is 0 Å². The van der Waals surface area contributed by atoms with E-state index in [1.165, 1.54) is 29.9 Å². The van der Waals surface area contributed by atoms with Crippen molar-refractivity contribution in [1.82, 2.24) is 9.78 Å². The largest absolute Gasteiger partial charge is 0.379 e. The topological polar surface area (TPSA) is 33.1 Å². The molecule has 0 spiro atoms. The second-order valence-corrected chi connectivity index (χ2v) is 5.91. The maximum Gasteiger partial charge on any atom is 0.0827 e. The van der Waals surface area contributed by atoms with Crippen molar-refractivity contribution in [1.29, 1.82) is 0 Å². The normalized spacial score (nSPS) is 16.2. The number of rotatable bonds is 3. The Morgan fingerprint density at radius 1 is 1.10 bits per heavy atom. The summed E-state index contributed by atoms with van der Waals surface area (Å²) >= 11 is 0. The molecule has 2 heterocycles. The van der Waals surface area contributed by atoms with Gasteiger partial charge in [-0.3, -0.25) is 4.68 Å². The molecule has 2 aromatic rings. The first-order chi connectivity index (χ1) is 10.1. The quantitative estimate of drug-likeness (QED) is 0.940. The molecular formula is C17H24N4. The third-order valence-corrected chi connectivity index (χ3v) is 4.47. The molecule has 21 heavy (non-hydrogen) atoms. The zero-order valence-electron chi connectivity index (χ0n) is 13.1. The molecule has 0 aliphatic carbocycles. The second-order valence-electron chi connectivity index (χ2n) is 5.91. The fraction of sp³-hybridized carbons (Fsp3) is 0.471. The Hall–Kier alpha value is -1.97. The molecule has 4 heteroatoms. The van der Waals surface area contributed by atoms with Crippen LogP contribution >= 0.6 is 0 Å². The van der Waals surface area contributed by atoms with Gasteiger partial charge in [-0.2, -0.15) is 5.10 Å². The summed E-state index contributed by atoms with van der Waals surface area (Å²) < 4.78 is 1.96. The van der Waals surface area contributed by atoms with Crippen LogP contribution in [-0.2, 0) is 7.05 Å². The number of aromatic nitrogens is 2.